The van der Waals surface area contributed by atoms with Crippen molar-refractivity contribution in [2.24, 2.45) is 0 Å². The van der Waals surface area contributed by atoms with Crippen molar-refractivity contribution < 1.29 is 4.42 Å². The van der Waals surface area contributed by atoms with Gasteiger partial charge in [-0.1, -0.05) is 11.6 Å². The number of rotatable bonds is 5. The maximum Gasteiger partial charge on any atom is 0.259 e. The molecule has 2 aromatic rings. The lowest BCUT2D eigenvalue weighted by molar-refractivity contribution is 0.413. The molecule has 0 atom stereocenters. The first-order valence-corrected chi connectivity index (χ1v) is 7.52. The van der Waals surface area contributed by atoms with Gasteiger partial charge in [0.25, 0.3) is 5.89 Å². The molecule has 0 aromatic carbocycles. The van der Waals surface area contributed by atoms with Crippen molar-refractivity contribution in [2.45, 2.75) is 39.2 Å². The van der Waals surface area contributed by atoms with E-state index in [1.165, 1.54) is 11.3 Å². The lowest BCUT2D eigenvalue weighted by atomic mass is 10.1. The van der Waals surface area contributed by atoms with Crippen LogP contribution in [0.1, 0.15) is 33.1 Å². The van der Waals surface area contributed by atoms with E-state index in [0.717, 1.165) is 24.3 Å². The molecule has 0 amide bonds. The summed E-state index contributed by atoms with van der Waals surface area (Å²) in [5.41, 5.74) is 0.143. The molecule has 0 saturated carbocycles. The highest BCUT2D eigenvalue weighted by atomic mass is 35.5. The minimum atomic E-state index is 0.143. The van der Waals surface area contributed by atoms with Crippen molar-refractivity contribution in [1.82, 2.24) is 15.5 Å². The van der Waals surface area contributed by atoms with Gasteiger partial charge in [-0.15, -0.1) is 21.5 Å². The Morgan fingerprint density at radius 3 is 2.79 bits per heavy atom. The van der Waals surface area contributed by atoms with Crippen LogP contribution in [0.15, 0.2) is 15.9 Å². The number of aryl methyl sites for hydroxylation is 1. The van der Waals surface area contributed by atoms with E-state index in [9.17, 15) is 0 Å². The summed E-state index contributed by atoms with van der Waals surface area (Å²) < 4.78 is 5.62. The van der Waals surface area contributed by atoms with Crippen LogP contribution in [-0.2, 0) is 6.42 Å². The third kappa shape index (κ3) is 4.30. The van der Waals surface area contributed by atoms with Gasteiger partial charge >= 0.3 is 0 Å². The first-order chi connectivity index (χ1) is 8.96. The van der Waals surface area contributed by atoms with Gasteiger partial charge in [0, 0.05) is 12.0 Å². The normalized spacial score (nSPS) is 12.0. The molecule has 1 N–H and O–H groups in total. The van der Waals surface area contributed by atoms with E-state index >= 15 is 0 Å². The number of hydrogen-bond acceptors (Lipinski definition) is 5. The van der Waals surface area contributed by atoms with Gasteiger partial charge in [0.15, 0.2) is 0 Å². The highest BCUT2D eigenvalue weighted by Gasteiger charge is 2.13. The summed E-state index contributed by atoms with van der Waals surface area (Å²) in [6, 6.07) is 1.83. The van der Waals surface area contributed by atoms with Crippen LogP contribution < -0.4 is 5.32 Å². The quantitative estimate of drug-likeness (QED) is 0.854. The van der Waals surface area contributed by atoms with E-state index in [4.69, 9.17) is 16.0 Å². The van der Waals surface area contributed by atoms with Crippen LogP contribution in [0, 0.1) is 0 Å². The highest BCUT2D eigenvalue weighted by Crippen LogP contribution is 2.32. The molecule has 0 unspecified atom stereocenters. The molecule has 4 nitrogen and oxygen atoms in total. The van der Waals surface area contributed by atoms with Crippen molar-refractivity contribution in [2.75, 3.05) is 6.54 Å². The number of nitrogens with zero attached hydrogens (tertiary/aromatic N) is 2. The van der Waals surface area contributed by atoms with Crippen molar-refractivity contribution in [1.29, 1.82) is 0 Å². The molecule has 2 aromatic heterocycles. The molecule has 0 spiro atoms. The predicted octanol–water partition coefficient (Wildman–Crippen LogP) is 3.77. The smallest absolute Gasteiger partial charge is 0.259 e. The van der Waals surface area contributed by atoms with Crippen molar-refractivity contribution >= 4 is 22.9 Å². The summed E-state index contributed by atoms with van der Waals surface area (Å²) in [5, 5.41) is 14.1. The van der Waals surface area contributed by atoms with E-state index in [1.807, 2.05) is 11.4 Å². The Hall–Kier alpha value is -0.910. The van der Waals surface area contributed by atoms with E-state index in [0.29, 0.717) is 16.8 Å². The average molecular weight is 300 g/mol. The Bertz CT molecular complexity index is 530. The maximum atomic E-state index is 6.03. The van der Waals surface area contributed by atoms with E-state index in [1.54, 1.807) is 0 Å². The molecular formula is C13H18ClN3OS. The van der Waals surface area contributed by atoms with Crippen LogP contribution >= 0.6 is 22.9 Å². The summed E-state index contributed by atoms with van der Waals surface area (Å²) >= 11 is 7.54. The van der Waals surface area contributed by atoms with Gasteiger partial charge < -0.3 is 9.73 Å². The second-order valence-electron chi connectivity index (χ2n) is 5.38. The Kier molecular flexibility index (Phi) is 4.60. The molecular weight excluding hydrogens is 282 g/mol. The summed E-state index contributed by atoms with van der Waals surface area (Å²) in [7, 11) is 0. The number of halogens is 1. The zero-order chi connectivity index (χ0) is 13.9. The third-order valence-electron chi connectivity index (χ3n) is 2.50. The second-order valence-corrected chi connectivity index (χ2v) is 6.70. The topological polar surface area (TPSA) is 51.0 Å². The lowest BCUT2D eigenvalue weighted by Crippen LogP contribution is -2.36. The highest BCUT2D eigenvalue weighted by molar-refractivity contribution is 7.14. The Morgan fingerprint density at radius 1 is 1.37 bits per heavy atom. The third-order valence-corrected chi connectivity index (χ3v) is 3.83. The van der Waals surface area contributed by atoms with Crippen LogP contribution in [0.25, 0.3) is 10.8 Å². The van der Waals surface area contributed by atoms with Gasteiger partial charge in [-0.05, 0) is 45.2 Å². The zero-order valence-electron chi connectivity index (χ0n) is 11.4. The molecule has 0 aliphatic carbocycles. The SMILES string of the molecule is CC(C)(C)NCCCc1nnc(-c2sccc2Cl)o1. The van der Waals surface area contributed by atoms with E-state index < -0.39 is 0 Å². The van der Waals surface area contributed by atoms with E-state index in [-0.39, 0.29) is 5.54 Å². The minimum absolute atomic E-state index is 0.143. The van der Waals surface area contributed by atoms with Crippen LogP contribution in [0.2, 0.25) is 5.02 Å². The number of thiophene rings is 1. The van der Waals surface area contributed by atoms with Gasteiger partial charge in [0.2, 0.25) is 5.89 Å². The van der Waals surface area contributed by atoms with Gasteiger partial charge in [-0.3, -0.25) is 0 Å². The van der Waals surface area contributed by atoms with E-state index in [2.05, 4.69) is 36.3 Å². The molecule has 0 saturated heterocycles. The Labute approximate surface area is 122 Å². The van der Waals surface area contributed by atoms with Crippen molar-refractivity contribution in [3.8, 4) is 10.8 Å². The van der Waals surface area contributed by atoms with Crippen LogP contribution in [-0.4, -0.2) is 22.3 Å². The molecule has 0 fully saturated rings. The summed E-state index contributed by atoms with van der Waals surface area (Å²) in [6.07, 6.45) is 1.75. The monoisotopic (exact) mass is 299 g/mol. The predicted molar refractivity (Wildman–Crippen MR) is 78.7 cm³/mol. The molecule has 0 aliphatic heterocycles. The van der Waals surface area contributed by atoms with Crippen LogP contribution in [0.5, 0.6) is 0 Å². The molecule has 0 aliphatic rings. The Morgan fingerprint density at radius 2 is 2.16 bits per heavy atom. The summed E-state index contributed by atoms with van der Waals surface area (Å²) in [6.45, 7) is 7.38. The zero-order valence-corrected chi connectivity index (χ0v) is 12.9. The van der Waals surface area contributed by atoms with Gasteiger partial charge in [-0.25, -0.2) is 0 Å². The van der Waals surface area contributed by atoms with Gasteiger partial charge in [-0.2, -0.15) is 0 Å². The average Bonchev–Trinajstić information content (AvgIpc) is 2.91. The minimum Gasteiger partial charge on any atom is -0.420 e. The molecule has 0 radical (unpaired) electrons. The van der Waals surface area contributed by atoms with Crippen molar-refractivity contribution in [3.63, 3.8) is 0 Å². The standard InChI is InChI=1S/C13H18ClN3OS/c1-13(2,3)15-7-4-5-10-16-17-12(18-10)11-9(14)6-8-19-11/h6,8,15H,4-5,7H2,1-3H3. The molecule has 104 valence electrons. The largest absolute Gasteiger partial charge is 0.420 e. The fourth-order valence-corrected chi connectivity index (χ4v) is 2.65. The Balaban J connectivity index is 1.87. The summed E-state index contributed by atoms with van der Waals surface area (Å²) in [5.74, 6) is 1.17. The molecule has 0 bridgehead atoms. The van der Waals surface area contributed by atoms with Gasteiger partial charge in [0.1, 0.15) is 4.88 Å². The number of hydrogen-bond donors (Lipinski definition) is 1. The fourth-order valence-electron chi connectivity index (χ4n) is 1.60. The first-order valence-electron chi connectivity index (χ1n) is 6.26. The summed E-state index contributed by atoms with van der Waals surface area (Å²) in [4.78, 5) is 0.841. The molecule has 19 heavy (non-hydrogen) atoms. The van der Waals surface area contributed by atoms with Gasteiger partial charge in [0.05, 0.1) is 5.02 Å². The fraction of sp³-hybridized carbons (Fsp3) is 0.538. The van der Waals surface area contributed by atoms with Crippen molar-refractivity contribution in [3.05, 3.63) is 22.4 Å². The molecule has 2 heterocycles. The second kappa shape index (κ2) is 6.03. The maximum absolute atomic E-state index is 6.03. The molecule has 2 rings (SSSR count). The van der Waals surface area contributed by atoms with Crippen LogP contribution in [0.3, 0.4) is 0 Å². The molecule has 6 heteroatoms. The lowest BCUT2D eigenvalue weighted by Gasteiger charge is -2.19. The van der Waals surface area contributed by atoms with Crippen LogP contribution in [0.4, 0.5) is 0 Å². The number of aromatic nitrogens is 2. The number of nitrogens with one attached hydrogen (secondary N) is 1. The first kappa shape index (κ1) is 14.5.